The van der Waals surface area contributed by atoms with Gasteiger partial charge in [-0.3, -0.25) is 4.79 Å². The highest BCUT2D eigenvalue weighted by Gasteiger charge is 2.16. The predicted molar refractivity (Wildman–Crippen MR) is 92.9 cm³/mol. The van der Waals surface area contributed by atoms with Crippen molar-refractivity contribution in [2.24, 2.45) is 0 Å². The van der Waals surface area contributed by atoms with E-state index in [-0.39, 0.29) is 5.91 Å². The maximum absolute atomic E-state index is 12.5. The van der Waals surface area contributed by atoms with Gasteiger partial charge in [0.1, 0.15) is 5.82 Å². The first-order chi connectivity index (χ1) is 12.2. The summed E-state index contributed by atoms with van der Waals surface area (Å²) in [7, 11) is 1.58. The average molecular weight is 344 g/mol. The molecule has 1 aliphatic rings. The summed E-state index contributed by atoms with van der Waals surface area (Å²) in [6.07, 6.45) is 4.44. The Morgan fingerprint density at radius 2 is 2.12 bits per heavy atom. The highest BCUT2D eigenvalue weighted by molar-refractivity contribution is 5.94. The number of ether oxygens (including phenoxy) is 2. The SMILES string of the molecule is CCOc1cc(C(=O)NCc2nnc3n2CCCCC3)ccc1OC. The van der Waals surface area contributed by atoms with Crippen LogP contribution in [-0.2, 0) is 19.5 Å². The third-order valence-corrected chi connectivity index (χ3v) is 4.32. The second kappa shape index (κ2) is 8.00. The number of hydrogen-bond donors (Lipinski definition) is 1. The highest BCUT2D eigenvalue weighted by atomic mass is 16.5. The zero-order chi connectivity index (χ0) is 17.6. The van der Waals surface area contributed by atoms with Crippen LogP contribution < -0.4 is 14.8 Å². The second-order valence-corrected chi connectivity index (χ2v) is 5.98. The Morgan fingerprint density at radius 3 is 2.92 bits per heavy atom. The summed E-state index contributed by atoms with van der Waals surface area (Å²) in [5, 5.41) is 11.4. The van der Waals surface area contributed by atoms with Crippen molar-refractivity contribution in [3.63, 3.8) is 0 Å². The Bertz CT molecular complexity index is 742. The second-order valence-electron chi connectivity index (χ2n) is 5.98. The van der Waals surface area contributed by atoms with Crippen LogP contribution in [0.15, 0.2) is 18.2 Å². The predicted octanol–water partition coefficient (Wildman–Crippen LogP) is 2.34. The number of rotatable bonds is 6. The molecule has 7 nitrogen and oxygen atoms in total. The van der Waals surface area contributed by atoms with E-state index in [1.54, 1.807) is 25.3 Å². The Kier molecular flexibility index (Phi) is 5.53. The molecule has 25 heavy (non-hydrogen) atoms. The molecule has 1 aromatic carbocycles. The van der Waals surface area contributed by atoms with Gasteiger partial charge in [0.15, 0.2) is 17.3 Å². The molecule has 0 atom stereocenters. The summed E-state index contributed by atoms with van der Waals surface area (Å²) in [5.41, 5.74) is 0.528. The molecule has 1 aliphatic heterocycles. The zero-order valence-corrected chi connectivity index (χ0v) is 14.7. The fourth-order valence-corrected chi connectivity index (χ4v) is 3.02. The third kappa shape index (κ3) is 3.92. The van der Waals surface area contributed by atoms with Crippen LogP contribution in [0.3, 0.4) is 0 Å². The molecule has 1 N–H and O–H groups in total. The van der Waals surface area contributed by atoms with Crippen molar-refractivity contribution in [1.82, 2.24) is 20.1 Å². The molecule has 7 heteroatoms. The van der Waals surface area contributed by atoms with Crippen LogP contribution in [-0.4, -0.2) is 34.4 Å². The summed E-state index contributed by atoms with van der Waals surface area (Å²) >= 11 is 0. The number of amides is 1. The van der Waals surface area contributed by atoms with Gasteiger partial charge in [-0.1, -0.05) is 6.42 Å². The standard InChI is InChI=1S/C18H24N4O3/c1-3-25-15-11-13(8-9-14(15)24-2)18(23)19-12-17-21-20-16-7-5-4-6-10-22(16)17/h8-9,11H,3-7,10,12H2,1-2H3,(H,19,23). The van der Waals surface area contributed by atoms with Gasteiger partial charge in [0, 0.05) is 18.5 Å². The van der Waals surface area contributed by atoms with Gasteiger partial charge in [-0.05, 0) is 38.0 Å². The van der Waals surface area contributed by atoms with Crippen LogP contribution >= 0.6 is 0 Å². The van der Waals surface area contributed by atoms with E-state index < -0.39 is 0 Å². The van der Waals surface area contributed by atoms with Crippen molar-refractivity contribution >= 4 is 5.91 Å². The maximum atomic E-state index is 12.5. The number of benzene rings is 1. The van der Waals surface area contributed by atoms with E-state index in [2.05, 4.69) is 20.1 Å². The fourth-order valence-electron chi connectivity index (χ4n) is 3.02. The average Bonchev–Trinajstić information content (AvgIpc) is 2.86. The number of hydrogen-bond acceptors (Lipinski definition) is 5. The Morgan fingerprint density at radius 1 is 1.24 bits per heavy atom. The van der Waals surface area contributed by atoms with Gasteiger partial charge in [0.2, 0.25) is 0 Å². The molecule has 0 unspecified atom stereocenters. The minimum absolute atomic E-state index is 0.172. The Hall–Kier alpha value is -2.57. The number of nitrogens with zero attached hydrogens (tertiary/aromatic N) is 3. The van der Waals surface area contributed by atoms with E-state index in [1.165, 1.54) is 6.42 Å². The lowest BCUT2D eigenvalue weighted by Gasteiger charge is -2.11. The Labute approximate surface area is 147 Å². The summed E-state index contributed by atoms with van der Waals surface area (Å²) in [4.78, 5) is 12.5. The maximum Gasteiger partial charge on any atom is 0.251 e. The molecule has 134 valence electrons. The number of carbonyl (C=O) groups is 1. The first-order valence-electron chi connectivity index (χ1n) is 8.73. The van der Waals surface area contributed by atoms with Crippen LogP contribution in [0.2, 0.25) is 0 Å². The topological polar surface area (TPSA) is 78.3 Å². The van der Waals surface area contributed by atoms with E-state index in [4.69, 9.17) is 9.47 Å². The van der Waals surface area contributed by atoms with Crippen LogP contribution in [0.5, 0.6) is 11.5 Å². The summed E-state index contributed by atoms with van der Waals surface area (Å²) < 4.78 is 12.9. The first-order valence-corrected chi connectivity index (χ1v) is 8.73. The van der Waals surface area contributed by atoms with Crippen molar-refractivity contribution in [2.75, 3.05) is 13.7 Å². The van der Waals surface area contributed by atoms with E-state index in [0.29, 0.717) is 30.2 Å². The molecule has 2 aromatic rings. The fraction of sp³-hybridized carbons (Fsp3) is 0.500. The molecule has 2 heterocycles. The van der Waals surface area contributed by atoms with E-state index in [0.717, 1.165) is 37.5 Å². The molecule has 0 radical (unpaired) electrons. The van der Waals surface area contributed by atoms with Crippen LogP contribution in [0.25, 0.3) is 0 Å². The number of methoxy groups -OCH3 is 1. The van der Waals surface area contributed by atoms with Crippen LogP contribution in [0.4, 0.5) is 0 Å². The lowest BCUT2D eigenvalue weighted by atomic mass is 10.2. The Balaban J connectivity index is 1.69. The molecule has 0 fully saturated rings. The molecule has 1 aromatic heterocycles. The quantitative estimate of drug-likeness (QED) is 0.870. The molecule has 0 saturated carbocycles. The molecule has 0 aliphatic carbocycles. The molecule has 0 spiro atoms. The number of aryl methyl sites for hydroxylation is 1. The highest BCUT2D eigenvalue weighted by Crippen LogP contribution is 2.28. The van der Waals surface area contributed by atoms with Gasteiger partial charge in [-0.25, -0.2) is 0 Å². The number of carbonyl (C=O) groups excluding carboxylic acids is 1. The van der Waals surface area contributed by atoms with Gasteiger partial charge in [0.25, 0.3) is 5.91 Å². The molecular weight excluding hydrogens is 320 g/mol. The summed E-state index contributed by atoms with van der Waals surface area (Å²) in [5.74, 6) is 2.83. The third-order valence-electron chi connectivity index (χ3n) is 4.32. The van der Waals surface area contributed by atoms with E-state index in [1.807, 2.05) is 6.92 Å². The van der Waals surface area contributed by atoms with E-state index in [9.17, 15) is 4.79 Å². The van der Waals surface area contributed by atoms with Crippen LogP contribution in [0, 0.1) is 0 Å². The number of aromatic nitrogens is 3. The largest absolute Gasteiger partial charge is 0.493 e. The van der Waals surface area contributed by atoms with Crippen molar-refractivity contribution < 1.29 is 14.3 Å². The van der Waals surface area contributed by atoms with Crippen LogP contribution in [0.1, 0.15) is 48.2 Å². The first kappa shape index (κ1) is 17.3. The lowest BCUT2D eigenvalue weighted by Crippen LogP contribution is -2.25. The van der Waals surface area contributed by atoms with Crippen molar-refractivity contribution in [3.05, 3.63) is 35.4 Å². The molecule has 0 bridgehead atoms. The van der Waals surface area contributed by atoms with Crippen molar-refractivity contribution in [3.8, 4) is 11.5 Å². The number of nitrogens with one attached hydrogen (secondary N) is 1. The van der Waals surface area contributed by atoms with Gasteiger partial charge in [0.05, 0.1) is 20.3 Å². The molecule has 1 amide bonds. The van der Waals surface area contributed by atoms with Gasteiger partial charge < -0.3 is 19.4 Å². The smallest absolute Gasteiger partial charge is 0.251 e. The van der Waals surface area contributed by atoms with E-state index >= 15 is 0 Å². The van der Waals surface area contributed by atoms with Gasteiger partial charge in [-0.2, -0.15) is 0 Å². The van der Waals surface area contributed by atoms with Crippen molar-refractivity contribution in [1.29, 1.82) is 0 Å². The summed E-state index contributed by atoms with van der Waals surface area (Å²) in [6.45, 7) is 3.68. The molecule has 3 rings (SSSR count). The normalized spacial score (nSPS) is 13.7. The minimum Gasteiger partial charge on any atom is -0.493 e. The minimum atomic E-state index is -0.172. The monoisotopic (exact) mass is 344 g/mol. The van der Waals surface area contributed by atoms with Gasteiger partial charge >= 0.3 is 0 Å². The van der Waals surface area contributed by atoms with Gasteiger partial charge in [-0.15, -0.1) is 10.2 Å². The number of fused-ring (bicyclic) bond motifs is 1. The molecular formula is C18H24N4O3. The summed E-state index contributed by atoms with van der Waals surface area (Å²) in [6, 6.07) is 5.16. The zero-order valence-electron chi connectivity index (χ0n) is 14.7. The van der Waals surface area contributed by atoms with Crippen molar-refractivity contribution in [2.45, 2.75) is 45.7 Å². The lowest BCUT2D eigenvalue weighted by molar-refractivity contribution is 0.0949. The molecule has 0 saturated heterocycles.